The first-order chi connectivity index (χ1) is 18.9. The lowest BCUT2D eigenvalue weighted by Gasteiger charge is -2.35. The standard InChI is InChI=1S/C30H42N4O4S/c1-30(28(36)32-29(39-30)31-26-18-22-5-6-23(26)17-22)20-21-7-9-34(10-8-21)27(35)24-3-2-4-25(19-24)38-16-13-33-11-14-37-15-12-33/h2-4,19,21-23,26H,5-18,20H2,1H3,(H,31,32,36)/t22?,23?,26-,30?/m0/s1. The molecule has 0 aromatic heterocycles. The van der Waals surface area contributed by atoms with Crippen LogP contribution in [0.2, 0.25) is 0 Å². The summed E-state index contributed by atoms with van der Waals surface area (Å²) in [6, 6.07) is 8.05. The first-order valence-electron chi connectivity index (χ1n) is 14.9. The fourth-order valence-electron chi connectivity index (χ4n) is 7.17. The quantitative estimate of drug-likeness (QED) is 0.523. The number of carbonyl (C=O) groups is 2. The number of carbonyl (C=O) groups excluding carboxylic acids is 2. The predicted octanol–water partition coefficient (Wildman–Crippen LogP) is 3.81. The number of rotatable bonds is 8. The summed E-state index contributed by atoms with van der Waals surface area (Å²) in [5, 5.41) is 4.46. The normalized spacial score (nSPS) is 31.5. The van der Waals surface area contributed by atoms with Gasteiger partial charge in [-0.1, -0.05) is 24.2 Å². The molecule has 1 aromatic rings. The van der Waals surface area contributed by atoms with Gasteiger partial charge in [0.2, 0.25) is 0 Å². The second kappa shape index (κ2) is 11.8. The second-order valence-electron chi connectivity index (χ2n) is 12.3. The van der Waals surface area contributed by atoms with Crippen LogP contribution in [0.1, 0.15) is 62.2 Å². The van der Waals surface area contributed by atoms with Crippen molar-refractivity contribution in [3.63, 3.8) is 0 Å². The van der Waals surface area contributed by atoms with Crippen LogP contribution < -0.4 is 10.1 Å². The van der Waals surface area contributed by atoms with Crippen molar-refractivity contribution in [1.82, 2.24) is 15.1 Å². The molecule has 3 heterocycles. The van der Waals surface area contributed by atoms with Gasteiger partial charge in [0.15, 0.2) is 5.17 Å². The number of aliphatic imine (C=N–C) groups is 1. The van der Waals surface area contributed by atoms with Crippen molar-refractivity contribution in [2.24, 2.45) is 22.7 Å². The highest BCUT2D eigenvalue weighted by molar-refractivity contribution is 8.16. The highest BCUT2D eigenvalue weighted by Gasteiger charge is 2.46. The SMILES string of the molecule is CC1(CC2CCN(C(=O)c3cccc(OCCN4CCOCC4)c3)CC2)SC(N[C@H]2CC3CCC2C3)=NC1=O. The van der Waals surface area contributed by atoms with E-state index < -0.39 is 4.75 Å². The summed E-state index contributed by atoms with van der Waals surface area (Å²) in [5.74, 6) is 2.84. The zero-order valence-electron chi connectivity index (χ0n) is 23.1. The number of hydrogen-bond donors (Lipinski definition) is 1. The maximum Gasteiger partial charge on any atom is 0.264 e. The molecule has 6 rings (SSSR count). The average molecular weight is 555 g/mol. The van der Waals surface area contributed by atoms with Crippen LogP contribution in [0.25, 0.3) is 0 Å². The molecule has 4 fully saturated rings. The number of nitrogens with one attached hydrogen (secondary N) is 1. The van der Waals surface area contributed by atoms with Gasteiger partial charge >= 0.3 is 0 Å². The van der Waals surface area contributed by atoms with Crippen molar-refractivity contribution >= 4 is 28.7 Å². The molecule has 1 N–H and O–H groups in total. The largest absolute Gasteiger partial charge is 0.492 e. The molecule has 8 nitrogen and oxygen atoms in total. The fraction of sp³-hybridized carbons (Fsp3) is 0.700. The molecule has 3 unspecified atom stereocenters. The molecular formula is C30H42N4O4S. The Morgan fingerprint density at radius 2 is 1.97 bits per heavy atom. The Morgan fingerprint density at radius 3 is 2.72 bits per heavy atom. The second-order valence-corrected chi connectivity index (χ2v) is 13.7. The monoisotopic (exact) mass is 554 g/mol. The summed E-state index contributed by atoms with van der Waals surface area (Å²) in [7, 11) is 0. The first kappa shape index (κ1) is 27.1. The van der Waals surface area contributed by atoms with Crippen molar-refractivity contribution < 1.29 is 19.1 Å². The van der Waals surface area contributed by atoms with Gasteiger partial charge in [0.05, 0.1) is 13.2 Å². The van der Waals surface area contributed by atoms with Crippen LogP contribution in [0.3, 0.4) is 0 Å². The van der Waals surface area contributed by atoms with Crippen molar-refractivity contribution in [2.45, 2.75) is 62.7 Å². The van der Waals surface area contributed by atoms with Crippen molar-refractivity contribution in [1.29, 1.82) is 0 Å². The Morgan fingerprint density at radius 1 is 1.15 bits per heavy atom. The number of nitrogens with zero attached hydrogens (tertiary/aromatic N) is 3. The van der Waals surface area contributed by atoms with Gasteiger partial charge in [-0.2, -0.15) is 4.99 Å². The Bertz CT molecular complexity index is 1080. The molecule has 39 heavy (non-hydrogen) atoms. The van der Waals surface area contributed by atoms with Crippen LogP contribution in [-0.4, -0.2) is 90.1 Å². The summed E-state index contributed by atoms with van der Waals surface area (Å²) in [5.41, 5.74) is 0.676. The number of piperidine rings is 1. The third-order valence-electron chi connectivity index (χ3n) is 9.47. The van der Waals surface area contributed by atoms with Crippen molar-refractivity contribution in [3.05, 3.63) is 29.8 Å². The molecule has 3 aliphatic heterocycles. The molecule has 4 atom stereocenters. The van der Waals surface area contributed by atoms with Gasteiger partial charge < -0.3 is 19.7 Å². The Labute approximate surface area is 236 Å². The smallest absolute Gasteiger partial charge is 0.264 e. The van der Waals surface area contributed by atoms with Crippen LogP contribution >= 0.6 is 11.8 Å². The summed E-state index contributed by atoms with van der Waals surface area (Å²) in [4.78, 5) is 34.9. The van der Waals surface area contributed by atoms with Gasteiger partial charge in [0, 0.05) is 44.3 Å². The number of ether oxygens (including phenoxy) is 2. The maximum absolute atomic E-state index is 13.3. The topological polar surface area (TPSA) is 83.5 Å². The maximum atomic E-state index is 13.3. The summed E-state index contributed by atoms with van der Waals surface area (Å²) in [6.07, 6.45) is 7.90. The van der Waals surface area contributed by atoms with E-state index in [4.69, 9.17) is 9.47 Å². The fourth-order valence-corrected chi connectivity index (χ4v) is 8.39. The van der Waals surface area contributed by atoms with Crippen molar-refractivity contribution in [3.8, 4) is 5.75 Å². The van der Waals surface area contributed by atoms with E-state index in [-0.39, 0.29) is 11.8 Å². The molecule has 2 aliphatic carbocycles. The van der Waals surface area contributed by atoms with Crippen LogP contribution in [0.15, 0.2) is 29.3 Å². The number of likely N-dealkylation sites (tertiary alicyclic amines) is 1. The molecule has 5 aliphatic rings. The molecule has 0 radical (unpaired) electrons. The van der Waals surface area contributed by atoms with Crippen LogP contribution in [0, 0.1) is 17.8 Å². The first-order valence-corrected chi connectivity index (χ1v) is 15.7. The molecule has 2 saturated heterocycles. The highest BCUT2D eigenvalue weighted by atomic mass is 32.2. The minimum atomic E-state index is -0.496. The molecule has 2 bridgehead atoms. The van der Waals surface area contributed by atoms with Gasteiger partial charge in [-0.25, -0.2) is 0 Å². The molecule has 2 saturated carbocycles. The number of morpholine rings is 1. The molecule has 2 amide bonds. The number of benzene rings is 1. The van der Waals surface area contributed by atoms with E-state index >= 15 is 0 Å². The van der Waals surface area contributed by atoms with Crippen LogP contribution in [0.4, 0.5) is 0 Å². The lowest BCUT2D eigenvalue weighted by atomic mass is 9.87. The lowest BCUT2D eigenvalue weighted by Crippen LogP contribution is -2.41. The minimum Gasteiger partial charge on any atom is -0.492 e. The zero-order valence-corrected chi connectivity index (χ0v) is 23.9. The average Bonchev–Trinajstić information content (AvgIpc) is 3.64. The van der Waals surface area contributed by atoms with Gasteiger partial charge in [0.25, 0.3) is 11.8 Å². The number of amides is 2. The summed E-state index contributed by atoms with van der Waals surface area (Å²) >= 11 is 1.64. The van der Waals surface area contributed by atoms with Gasteiger partial charge in [-0.3, -0.25) is 14.5 Å². The lowest BCUT2D eigenvalue weighted by molar-refractivity contribution is -0.119. The van der Waals surface area contributed by atoms with E-state index in [0.717, 1.165) is 88.0 Å². The Hall–Kier alpha value is -2.10. The summed E-state index contributed by atoms with van der Waals surface area (Å²) in [6.45, 7) is 8.40. The van der Waals surface area contributed by atoms with Gasteiger partial charge in [-0.15, -0.1) is 0 Å². The number of hydrogen-bond acceptors (Lipinski definition) is 7. The number of fused-ring (bicyclic) bond motifs is 2. The molecule has 1 aromatic carbocycles. The van der Waals surface area contributed by atoms with E-state index in [1.54, 1.807) is 11.8 Å². The zero-order chi connectivity index (χ0) is 26.8. The van der Waals surface area contributed by atoms with E-state index in [1.807, 2.05) is 29.2 Å². The van der Waals surface area contributed by atoms with E-state index in [1.165, 1.54) is 25.7 Å². The Kier molecular flexibility index (Phi) is 8.19. The molecule has 9 heteroatoms. The van der Waals surface area contributed by atoms with Crippen LogP contribution in [0.5, 0.6) is 5.75 Å². The van der Waals surface area contributed by atoms with Crippen molar-refractivity contribution in [2.75, 3.05) is 52.5 Å². The van der Waals surface area contributed by atoms with E-state index in [2.05, 4.69) is 22.1 Å². The molecule has 0 spiro atoms. The predicted molar refractivity (Wildman–Crippen MR) is 153 cm³/mol. The van der Waals surface area contributed by atoms with Gasteiger partial charge in [-0.05, 0) is 81.4 Å². The van der Waals surface area contributed by atoms with E-state index in [0.29, 0.717) is 24.1 Å². The third kappa shape index (κ3) is 6.30. The van der Waals surface area contributed by atoms with Crippen LogP contribution in [-0.2, 0) is 9.53 Å². The molecular weight excluding hydrogens is 512 g/mol. The summed E-state index contributed by atoms with van der Waals surface area (Å²) < 4.78 is 10.9. The highest BCUT2D eigenvalue weighted by Crippen LogP contribution is 2.46. The number of thioether (sulfide) groups is 1. The van der Waals surface area contributed by atoms with E-state index in [9.17, 15) is 9.59 Å². The number of amidine groups is 1. The minimum absolute atomic E-state index is 0.00194. The Balaban J connectivity index is 0.955. The van der Waals surface area contributed by atoms with Gasteiger partial charge in [0.1, 0.15) is 17.1 Å². The molecule has 212 valence electrons. The third-order valence-corrected chi connectivity index (χ3v) is 10.7.